The van der Waals surface area contributed by atoms with Crippen LogP contribution in [0.1, 0.15) is 15.9 Å². The van der Waals surface area contributed by atoms with Gasteiger partial charge in [-0.25, -0.2) is 4.79 Å². The molecule has 92 valence electrons. The third-order valence-corrected chi connectivity index (χ3v) is 3.92. The first-order valence-electron chi connectivity index (χ1n) is 5.02. The second-order valence-corrected chi connectivity index (χ2v) is 4.93. The molecule has 0 saturated carbocycles. The number of hydrogen-bond acceptors (Lipinski definition) is 5. The zero-order valence-corrected chi connectivity index (χ0v) is 9.68. The highest BCUT2D eigenvalue weighted by atomic mass is 32.2. The van der Waals surface area contributed by atoms with Crippen LogP contribution in [0.5, 0.6) is 0 Å². The Morgan fingerprint density at radius 1 is 1.53 bits per heavy atom. The van der Waals surface area contributed by atoms with Crippen molar-refractivity contribution in [2.45, 2.75) is 11.2 Å². The van der Waals surface area contributed by atoms with Gasteiger partial charge in [0.15, 0.2) is 11.2 Å². The van der Waals surface area contributed by atoms with Crippen LogP contribution < -0.4 is 0 Å². The van der Waals surface area contributed by atoms with Gasteiger partial charge in [0.25, 0.3) is 0 Å². The van der Waals surface area contributed by atoms with Crippen molar-refractivity contribution >= 4 is 17.7 Å². The second kappa shape index (κ2) is 4.66. The van der Waals surface area contributed by atoms with Gasteiger partial charge in [-0.2, -0.15) is 0 Å². The summed E-state index contributed by atoms with van der Waals surface area (Å²) in [5, 5.41) is 27.9. The van der Waals surface area contributed by atoms with Gasteiger partial charge in [0.1, 0.15) is 0 Å². The van der Waals surface area contributed by atoms with Gasteiger partial charge in [0.05, 0.1) is 12.2 Å². The molecule has 1 aliphatic rings. The number of aliphatic hydroxyl groups excluding tert-OH is 2. The molecule has 2 atom stereocenters. The lowest BCUT2D eigenvalue weighted by atomic mass is 10.0. The van der Waals surface area contributed by atoms with E-state index in [-0.39, 0.29) is 12.2 Å². The van der Waals surface area contributed by atoms with Crippen LogP contribution in [0.25, 0.3) is 0 Å². The van der Waals surface area contributed by atoms with Gasteiger partial charge in [-0.05, 0) is 6.07 Å². The van der Waals surface area contributed by atoms with Gasteiger partial charge in [0.2, 0.25) is 0 Å². The molecule has 1 heterocycles. The predicted octanol–water partition coefficient (Wildman–Crippen LogP) is 0.612. The number of carbonyl (C=O) groups is 1. The van der Waals surface area contributed by atoms with Crippen molar-refractivity contribution in [1.82, 2.24) is 0 Å². The van der Waals surface area contributed by atoms with Crippen LogP contribution in [0, 0.1) is 0 Å². The topological polar surface area (TPSA) is 87.0 Å². The molecule has 1 fully saturated rings. The Morgan fingerprint density at radius 3 is 2.76 bits per heavy atom. The highest BCUT2D eigenvalue weighted by Gasteiger charge is 2.43. The maximum Gasteiger partial charge on any atom is 0.336 e. The summed E-state index contributed by atoms with van der Waals surface area (Å²) < 4.78 is 5.28. The minimum atomic E-state index is -1.19. The summed E-state index contributed by atoms with van der Waals surface area (Å²) in [5.74, 6) is -0.784. The van der Waals surface area contributed by atoms with Crippen molar-refractivity contribution in [2.75, 3.05) is 12.4 Å². The van der Waals surface area contributed by atoms with E-state index in [1.54, 1.807) is 18.2 Å². The highest BCUT2D eigenvalue weighted by molar-refractivity contribution is 8.00. The Bertz CT molecular complexity index is 436. The fourth-order valence-electron chi connectivity index (χ4n) is 1.80. The Labute approximate surface area is 102 Å². The molecule has 0 amide bonds. The van der Waals surface area contributed by atoms with Gasteiger partial charge >= 0.3 is 5.97 Å². The van der Waals surface area contributed by atoms with Gasteiger partial charge in [-0.15, -0.1) is 11.8 Å². The van der Waals surface area contributed by atoms with Gasteiger partial charge < -0.3 is 20.1 Å². The SMILES string of the molecule is O=C(O)c1ccccc1C1(CO)OC(O)CS1. The van der Waals surface area contributed by atoms with E-state index in [1.807, 2.05) is 0 Å². The summed E-state index contributed by atoms with van der Waals surface area (Å²) in [6, 6.07) is 6.32. The van der Waals surface area contributed by atoms with Crippen molar-refractivity contribution in [3.8, 4) is 0 Å². The van der Waals surface area contributed by atoms with Crippen molar-refractivity contribution in [3.63, 3.8) is 0 Å². The molecular formula is C11H12O5S. The van der Waals surface area contributed by atoms with Gasteiger partial charge in [0, 0.05) is 11.3 Å². The molecule has 2 unspecified atom stereocenters. The Balaban J connectivity index is 2.48. The van der Waals surface area contributed by atoms with Crippen LogP contribution in [0.15, 0.2) is 24.3 Å². The van der Waals surface area contributed by atoms with E-state index in [4.69, 9.17) is 9.84 Å². The van der Waals surface area contributed by atoms with Gasteiger partial charge in [-0.3, -0.25) is 0 Å². The predicted molar refractivity (Wildman–Crippen MR) is 61.7 cm³/mol. The number of benzene rings is 1. The van der Waals surface area contributed by atoms with Crippen LogP contribution in [0.2, 0.25) is 0 Å². The zero-order chi connectivity index (χ0) is 12.5. The monoisotopic (exact) mass is 256 g/mol. The smallest absolute Gasteiger partial charge is 0.336 e. The molecule has 1 aromatic rings. The molecule has 3 N–H and O–H groups in total. The molecule has 17 heavy (non-hydrogen) atoms. The van der Waals surface area contributed by atoms with Crippen molar-refractivity contribution in [2.24, 2.45) is 0 Å². The molecule has 0 radical (unpaired) electrons. The third kappa shape index (κ3) is 2.16. The molecule has 0 aliphatic carbocycles. The lowest BCUT2D eigenvalue weighted by molar-refractivity contribution is -0.137. The van der Waals surface area contributed by atoms with Crippen LogP contribution in [0.4, 0.5) is 0 Å². The van der Waals surface area contributed by atoms with E-state index in [0.717, 1.165) is 0 Å². The molecule has 5 nitrogen and oxygen atoms in total. The highest BCUT2D eigenvalue weighted by Crippen LogP contribution is 2.45. The molecule has 6 heteroatoms. The molecule has 2 rings (SSSR count). The summed E-state index contributed by atoms with van der Waals surface area (Å²) in [5.41, 5.74) is 0.444. The van der Waals surface area contributed by atoms with Crippen LogP contribution in [-0.4, -0.2) is 39.9 Å². The van der Waals surface area contributed by atoms with Crippen LogP contribution >= 0.6 is 11.8 Å². The minimum absolute atomic E-state index is 0.0724. The fourth-order valence-corrected chi connectivity index (χ4v) is 2.89. The first-order chi connectivity index (χ1) is 8.09. The summed E-state index contributed by atoms with van der Waals surface area (Å²) >= 11 is 1.20. The second-order valence-electron chi connectivity index (χ2n) is 3.65. The lowest BCUT2D eigenvalue weighted by Gasteiger charge is -2.27. The Kier molecular flexibility index (Phi) is 3.39. The number of aliphatic hydroxyl groups is 2. The van der Waals surface area contributed by atoms with Crippen LogP contribution in [0.3, 0.4) is 0 Å². The Morgan fingerprint density at radius 2 is 2.24 bits per heavy atom. The maximum absolute atomic E-state index is 11.1. The first kappa shape index (κ1) is 12.4. The number of thioether (sulfide) groups is 1. The zero-order valence-electron chi connectivity index (χ0n) is 8.87. The molecule has 1 aromatic carbocycles. The van der Waals surface area contributed by atoms with Gasteiger partial charge in [-0.1, -0.05) is 18.2 Å². The largest absolute Gasteiger partial charge is 0.478 e. The quantitative estimate of drug-likeness (QED) is 0.734. The number of ether oxygens (including phenoxy) is 1. The molecule has 1 saturated heterocycles. The Hall–Kier alpha value is -1.08. The average molecular weight is 256 g/mol. The van der Waals surface area contributed by atoms with Crippen molar-refractivity contribution in [3.05, 3.63) is 35.4 Å². The van der Waals surface area contributed by atoms with Crippen molar-refractivity contribution in [1.29, 1.82) is 0 Å². The summed E-state index contributed by atoms with van der Waals surface area (Å²) in [7, 11) is 0. The van der Waals surface area contributed by atoms with E-state index >= 15 is 0 Å². The van der Waals surface area contributed by atoms with E-state index < -0.39 is 17.2 Å². The normalized spacial score (nSPS) is 28.2. The first-order valence-corrected chi connectivity index (χ1v) is 6.01. The van der Waals surface area contributed by atoms with E-state index in [1.165, 1.54) is 17.8 Å². The third-order valence-electron chi connectivity index (χ3n) is 2.56. The molecule has 0 aromatic heterocycles. The summed E-state index contributed by atoms with van der Waals surface area (Å²) in [6.45, 7) is -0.390. The average Bonchev–Trinajstić information content (AvgIpc) is 2.72. The van der Waals surface area contributed by atoms with Crippen LogP contribution in [-0.2, 0) is 9.67 Å². The van der Waals surface area contributed by atoms with Crippen molar-refractivity contribution < 1.29 is 24.9 Å². The molecular weight excluding hydrogens is 244 g/mol. The lowest BCUT2D eigenvalue weighted by Crippen LogP contribution is -2.30. The fraction of sp³-hybridized carbons (Fsp3) is 0.364. The summed E-state index contributed by atoms with van der Waals surface area (Å²) in [6.07, 6.45) is -0.992. The molecule has 1 aliphatic heterocycles. The maximum atomic E-state index is 11.1. The number of hydrogen-bond donors (Lipinski definition) is 3. The summed E-state index contributed by atoms with van der Waals surface area (Å²) in [4.78, 5) is 9.92. The minimum Gasteiger partial charge on any atom is -0.478 e. The molecule has 0 spiro atoms. The standard InChI is InChI=1S/C11H12O5S/c12-6-11(16-9(13)5-17-11)8-4-2-1-3-7(8)10(14)15/h1-4,9,12-13H,5-6H2,(H,14,15). The van der Waals surface area contributed by atoms with E-state index in [2.05, 4.69) is 0 Å². The van der Waals surface area contributed by atoms with E-state index in [9.17, 15) is 15.0 Å². The molecule has 0 bridgehead atoms. The number of rotatable bonds is 3. The number of carboxylic acids is 1. The number of carboxylic acid groups (broad SMARTS) is 1. The van der Waals surface area contributed by atoms with E-state index in [0.29, 0.717) is 11.3 Å². The number of aromatic carboxylic acids is 1.